The first-order valence-corrected chi connectivity index (χ1v) is 4.18. The Morgan fingerprint density at radius 1 is 1.50 bits per heavy atom. The maximum Gasteiger partial charge on any atom is 0.0227 e. The van der Waals surface area contributed by atoms with Crippen molar-refractivity contribution in [1.29, 1.82) is 0 Å². The predicted molar refractivity (Wildman–Crippen MR) is 46.9 cm³/mol. The molecule has 1 atom stereocenters. The minimum Gasteiger partial charge on any atom is -0.389 e. The van der Waals surface area contributed by atoms with Gasteiger partial charge in [0.25, 0.3) is 0 Å². The highest BCUT2D eigenvalue weighted by Gasteiger charge is 1.95. The lowest BCUT2D eigenvalue weighted by Gasteiger charge is -2.09. The second-order valence-corrected chi connectivity index (χ2v) is 2.77. The van der Waals surface area contributed by atoms with Gasteiger partial charge in [0.15, 0.2) is 0 Å². The van der Waals surface area contributed by atoms with Crippen LogP contribution in [0.2, 0.25) is 0 Å². The standard InChI is InChI=1S/C9H19N/c1-4-6-7-8-9(3)10-5-2/h5,9-10H,2,4,6-8H2,1,3H3. The maximum absolute atomic E-state index is 3.62. The zero-order valence-electron chi connectivity index (χ0n) is 7.19. The molecule has 10 heavy (non-hydrogen) atoms. The first-order chi connectivity index (χ1) is 4.81. The van der Waals surface area contributed by atoms with Gasteiger partial charge >= 0.3 is 0 Å². The van der Waals surface area contributed by atoms with E-state index in [9.17, 15) is 0 Å². The molecule has 1 unspecified atom stereocenters. The lowest BCUT2D eigenvalue weighted by atomic mass is 10.1. The van der Waals surface area contributed by atoms with Gasteiger partial charge in [-0.2, -0.15) is 0 Å². The van der Waals surface area contributed by atoms with Gasteiger partial charge in [0.05, 0.1) is 0 Å². The van der Waals surface area contributed by atoms with Crippen LogP contribution < -0.4 is 5.32 Å². The SMILES string of the molecule is C=CNC(C)CCCCC. The Balaban J connectivity index is 3.04. The van der Waals surface area contributed by atoms with Crippen LogP contribution in [-0.2, 0) is 0 Å². The van der Waals surface area contributed by atoms with Crippen LogP contribution in [0.4, 0.5) is 0 Å². The average Bonchev–Trinajstić information content (AvgIpc) is 1.89. The van der Waals surface area contributed by atoms with E-state index in [-0.39, 0.29) is 0 Å². The molecule has 0 aliphatic heterocycles. The summed E-state index contributed by atoms with van der Waals surface area (Å²) < 4.78 is 0. The molecule has 60 valence electrons. The summed E-state index contributed by atoms with van der Waals surface area (Å²) in [5.41, 5.74) is 0. The Morgan fingerprint density at radius 2 is 2.20 bits per heavy atom. The molecule has 0 amide bonds. The van der Waals surface area contributed by atoms with Crippen molar-refractivity contribution >= 4 is 0 Å². The Labute approximate surface area is 64.5 Å². The summed E-state index contributed by atoms with van der Waals surface area (Å²) >= 11 is 0. The third-order valence-corrected chi connectivity index (χ3v) is 1.64. The van der Waals surface area contributed by atoms with Crippen LogP contribution in [-0.4, -0.2) is 6.04 Å². The first-order valence-electron chi connectivity index (χ1n) is 4.18. The molecule has 0 saturated carbocycles. The third-order valence-electron chi connectivity index (χ3n) is 1.64. The van der Waals surface area contributed by atoms with E-state index in [4.69, 9.17) is 0 Å². The molecule has 1 N–H and O–H groups in total. The zero-order valence-corrected chi connectivity index (χ0v) is 7.19. The molecule has 0 aliphatic rings. The molecule has 0 aromatic heterocycles. The number of hydrogen-bond acceptors (Lipinski definition) is 1. The molecular weight excluding hydrogens is 122 g/mol. The molecule has 0 rings (SSSR count). The molecule has 0 aliphatic carbocycles. The molecule has 0 aromatic rings. The first kappa shape index (κ1) is 9.54. The smallest absolute Gasteiger partial charge is 0.0227 e. The zero-order chi connectivity index (χ0) is 7.82. The average molecular weight is 141 g/mol. The van der Waals surface area contributed by atoms with Crippen LogP contribution in [0, 0.1) is 0 Å². The molecule has 0 fully saturated rings. The van der Waals surface area contributed by atoms with Gasteiger partial charge in [0.2, 0.25) is 0 Å². The second kappa shape index (κ2) is 6.66. The fourth-order valence-electron chi connectivity index (χ4n) is 0.985. The van der Waals surface area contributed by atoms with Gasteiger partial charge in [0.1, 0.15) is 0 Å². The van der Waals surface area contributed by atoms with Crippen molar-refractivity contribution in [1.82, 2.24) is 5.32 Å². The van der Waals surface area contributed by atoms with E-state index in [1.165, 1.54) is 25.7 Å². The Hall–Kier alpha value is -0.460. The summed E-state index contributed by atoms with van der Waals surface area (Å²) in [5, 5.41) is 3.17. The highest BCUT2D eigenvalue weighted by Crippen LogP contribution is 2.01. The van der Waals surface area contributed by atoms with Crippen LogP contribution in [0.25, 0.3) is 0 Å². The fraction of sp³-hybridized carbons (Fsp3) is 0.778. The van der Waals surface area contributed by atoms with E-state index < -0.39 is 0 Å². The van der Waals surface area contributed by atoms with Gasteiger partial charge in [0, 0.05) is 6.04 Å². The predicted octanol–water partition coefficient (Wildman–Crippen LogP) is 2.69. The van der Waals surface area contributed by atoms with Gasteiger partial charge in [-0.3, -0.25) is 0 Å². The summed E-state index contributed by atoms with van der Waals surface area (Å²) in [5.74, 6) is 0. The highest BCUT2D eigenvalue weighted by atomic mass is 14.9. The van der Waals surface area contributed by atoms with E-state index in [2.05, 4.69) is 25.7 Å². The summed E-state index contributed by atoms with van der Waals surface area (Å²) in [6.45, 7) is 8.04. The highest BCUT2D eigenvalue weighted by molar-refractivity contribution is 4.69. The van der Waals surface area contributed by atoms with E-state index in [1.54, 1.807) is 6.20 Å². The lowest BCUT2D eigenvalue weighted by Crippen LogP contribution is -2.19. The van der Waals surface area contributed by atoms with Crippen molar-refractivity contribution in [3.8, 4) is 0 Å². The second-order valence-electron chi connectivity index (χ2n) is 2.77. The van der Waals surface area contributed by atoms with Gasteiger partial charge < -0.3 is 5.32 Å². The summed E-state index contributed by atoms with van der Waals surface area (Å²) in [6.07, 6.45) is 7.03. The van der Waals surface area contributed by atoms with Crippen LogP contribution in [0.15, 0.2) is 12.8 Å². The van der Waals surface area contributed by atoms with E-state index in [1.807, 2.05) is 0 Å². The van der Waals surface area contributed by atoms with E-state index >= 15 is 0 Å². The van der Waals surface area contributed by atoms with Gasteiger partial charge in [-0.25, -0.2) is 0 Å². The molecule has 0 spiro atoms. The van der Waals surface area contributed by atoms with Crippen molar-refractivity contribution in [2.75, 3.05) is 0 Å². The fourth-order valence-corrected chi connectivity index (χ4v) is 0.985. The number of unbranched alkanes of at least 4 members (excludes halogenated alkanes) is 2. The monoisotopic (exact) mass is 141 g/mol. The minimum atomic E-state index is 0.601. The lowest BCUT2D eigenvalue weighted by molar-refractivity contribution is 0.541. The number of nitrogens with one attached hydrogen (secondary N) is 1. The molecule has 0 radical (unpaired) electrons. The topological polar surface area (TPSA) is 12.0 Å². The minimum absolute atomic E-state index is 0.601. The molecule has 1 heteroatoms. The van der Waals surface area contributed by atoms with E-state index in [0.29, 0.717) is 6.04 Å². The number of hydrogen-bond donors (Lipinski definition) is 1. The van der Waals surface area contributed by atoms with Crippen LogP contribution >= 0.6 is 0 Å². The summed E-state index contributed by atoms with van der Waals surface area (Å²) in [6, 6.07) is 0.601. The van der Waals surface area contributed by atoms with Crippen molar-refractivity contribution in [2.45, 2.75) is 45.6 Å². The number of rotatable bonds is 6. The molecular formula is C9H19N. The normalized spacial score (nSPS) is 12.6. The van der Waals surface area contributed by atoms with Crippen LogP contribution in [0.5, 0.6) is 0 Å². The van der Waals surface area contributed by atoms with Gasteiger partial charge in [-0.15, -0.1) is 0 Å². The van der Waals surface area contributed by atoms with Crippen molar-refractivity contribution in [2.24, 2.45) is 0 Å². The summed E-state index contributed by atoms with van der Waals surface area (Å²) in [4.78, 5) is 0. The Bertz CT molecular complexity index is 78.8. The molecule has 0 bridgehead atoms. The largest absolute Gasteiger partial charge is 0.389 e. The Morgan fingerprint density at radius 3 is 2.70 bits per heavy atom. The van der Waals surface area contributed by atoms with Gasteiger partial charge in [-0.1, -0.05) is 32.8 Å². The molecule has 1 nitrogen and oxygen atoms in total. The summed E-state index contributed by atoms with van der Waals surface area (Å²) in [7, 11) is 0. The van der Waals surface area contributed by atoms with E-state index in [0.717, 1.165) is 0 Å². The van der Waals surface area contributed by atoms with Crippen LogP contribution in [0.1, 0.15) is 39.5 Å². The molecule has 0 heterocycles. The van der Waals surface area contributed by atoms with Gasteiger partial charge in [-0.05, 0) is 19.5 Å². The third kappa shape index (κ3) is 5.67. The molecule has 0 saturated heterocycles. The van der Waals surface area contributed by atoms with Crippen molar-refractivity contribution < 1.29 is 0 Å². The van der Waals surface area contributed by atoms with Crippen molar-refractivity contribution in [3.05, 3.63) is 12.8 Å². The van der Waals surface area contributed by atoms with Crippen LogP contribution in [0.3, 0.4) is 0 Å². The maximum atomic E-state index is 3.62. The van der Waals surface area contributed by atoms with Crippen molar-refractivity contribution in [3.63, 3.8) is 0 Å². The molecule has 0 aromatic carbocycles. The quantitative estimate of drug-likeness (QED) is 0.561. The Kier molecular flexibility index (Phi) is 6.35.